The number of aliphatic carboxylic acids is 1. The molecule has 3 aromatic carbocycles. The Hall–Kier alpha value is -3.21. The number of carboxylic acid groups (broad SMARTS) is 1. The first-order valence-corrected chi connectivity index (χ1v) is 6.58. The van der Waals surface area contributed by atoms with Gasteiger partial charge in [-0.1, -0.05) is 48.5 Å². The summed E-state index contributed by atoms with van der Waals surface area (Å²) in [6.07, 6.45) is 1.11. The SMILES string of the molecule is O=C(O)C(=Cc1cc2ccccc2c2ccccc12)[N+](=O)[O-]. The van der Waals surface area contributed by atoms with Crippen LogP contribution in [-0.2, 0) is 4.79 Å². The number of nitro groups is 1. The van der Waals surface area contributed by atoms with E-state index in [0.717, 1.165) is 27.6 Å². The number of nitrogens with zero attached hydrogens (tertiary/aromatic N) is 1. The van der Waals surface area contributed by atoms with Crippen molar-refractivity contribution in [2.24, 2.45) is 0 Å². The molecule has 0 saturated heterocycles. The van der Waals surface area contributed by atoms with E-state index in [1.807, 2.05) is 48.5 Å². The van der Waals surface area contributed by atoms with E-state index in [-0.39, 0.29) is 0 Å². The minimum atomic E-state index is -1.55. The summed E-state index contributed by atoms with van der Waals surface area (Å²) in [5, 5.41) is 23.5. The Bertz CT molecular complexity index is 928. The molecule has 0 aromatic heterocycles. The van der Waals surface area contributed by atoms with Gasteiger partial charge in [-0.25, -0.2) is 4.79 Å². The lowest BCUT2D eigenvalue weighted by Crippen LogP contribution is -2.09. The highest BCUT2D eigenvalue weighted by molar-refractivity contribution is 6.11. The van der Waals surface area contributed by atoms with Crippen molar-refractivity contribution in [1.29, 1.82) is 0 Å². The average Bonchev–Trinajstić information content (AvgIpc) is 2.51. The van der Waals surface area contributed by atoms with Crippen LogP contribution in [0, 0.1) is 10.1 Å². The first-order valence-electron chi connectivity index (χ1n) is 6.58. The van der Waals surface area contributed by atoms with Crippen LogP contribution in [0.2, 0.25) is 0 Å². The van der Waals surface area contributed by atoms with Gasteiger partial charge in [0.05, 0.1) is 4.92 Å². The summed E-state index contributed by atoms with van der Waals surface area (Å²) in [6.45, 7) is 0. The maximum atomic E-state index is 11.0. The van der Waals surface area contributed by atoms with E-state index in [1.54, 1.807) is 6.07 Å². The number of benzene rings is 3. The molecule has 0 fully saturated rings. The van der Waals surface area contributed by atoms with Crippen LogP contribution in [0.15, 0.2) is 60.3 Å². The molecule has 5 nitrogen and oxygen atoms in total. The highest BCUT2D eigenvalue weighted by Gasteiger charge is 2.21. The fraction of sp³-hybridized carbons (Fsp3) is 0. The van der Waals surface area contributed by atoms with Gasteiger partial charge in [0.15, 0.2) is 0 Å². The van der Waals surface area contributed by atoms with Crippen molar-refractivity contribution in [3.8, 4) is 0 Å². The Labute approximate surface area is 125 Å². The van der Waals surface area contributed by atoms with E-state index in [9.17, 15) is 14.9 Å². The van der Waals surface area contributed by atoms with Crippen LogP contribution in [0.1, 0.15) is 5.56 Å². The van der Waals surface area contributed by atoms with Crippen LogP contribution in [0.25, 0.3) is 27.6 Å². The largest absolute Gasteiger partial charge is 0.473 e. The van der Waals surface area contributed by atoms with Gasteiger partial charge in [0.25, 0.3) is 0 Å². The molecular weight excluding hydrogens is 282 g/mol. The smallest absolute Gasteiger partial charge is 0.407 e. The highest BCUT2D eigenvalue weighted by Crippen LogP contribution is 2.30. The van der Waals surface area contributed by atoms with Crippen molar-refractivity contribution in [3.63, 3.8) is 0 Å². The van der Waals surface area contributed by atoms with Gasteiger partial charge in [-0.15, -0.1) is 0 Å². The Morgan fingerprint density at radius 1 is 1.00 bits per heavy atom. The lowest BCUT2D eigenvalue weighted by Gasteiger charge is -2.07. The predicted octanol–water partition coefficient (Wildman–Crippen LogP) is 3.70. The van der Waals surface area contributed by atoms with Crippen LogP contribution in [0.4, 0.5) is 0 Å². The molecule has 22 heavy (non-hydrogen) atoms. The molecule has 3 aromatic rings. The predicted molar refractivity (Wildman–Crippen MR) is 84.1 cm³/mol. The van der Waals surface area contributed by atoms with E-state index < -0.39 is 16.6 Å². The third-order valence-electron chi connectivity index (χ3n) is 3.51. The Balaban J connectivity index is 2.39. The Morgan fingerprint density at radius 3 is 2.23 bits per heavy atom. The van der Waals surface area contributed by atoms with Gasteiger partial charge >= 0.3 is 11.7 Å². The van der Waals surface area contributed by atoms with Crippen LogP contribution in [-0.4, -0.2) is 16.0 Å². The molecule has 0 saturated carbocycles. The van der Waals surface area contributed by atoms with Crippen molar-refractivity contribution in [1.82, 2.24) is 0 Å². The van der Waals surface area contributed by atoms with Gasteiger partial charge in [0, 0.05) is 6.08 Å². The lowest BCUT2D eigenvalue weighted by molar-refractivity contribution is -0.419. The van der Waals surface area contributed by atoms with Crippen molar-refractivity contribution in [2.45, 2.75) is 0 Å². The molecule has 0 aliphatic rings. The number of rotatable bonds is 3. The van der Waals surface area contributed by atoms with Crippen LogP contribution in [0.5, 0.6) is 0 Å². The second kappa shape index (κ2) is 5.29. The quantitative estimate of drug-likeness (QED) is 0.345. The van der Waals surface area contributed by atoms with Crippen molar-refractivity contribution < 1.29 is 14.8 Å². The van der Waals surface area contributed by atoms with E-state index in [1.165, 1.54) is 0 Å². The maximum absolute atomic E-state index is 11.0. The van der Waals surface area contributed by atoms with Crippen molar-refractivity contribution >= 4 is 33.6 Å². The topological polar surface area (TPSA) is 80.4 Å². The molecule has 0 radical (unpaired) electrons. The fourth-order valence-corrected chi connectivity index (χ4v) is 2.54. The fourth-order valence-electron chi connectivity index (χ4n) is 2.54. The molecule has 0 bridgehead atoms. The van der Waals surface area contributed by atoms with E-state index >= 15 is 0 Å². The van der Waals surface area contributed by atoms with E-state index in [2.05, 4.69) is 0 Å². The van der Waals surface area contributed by atoms with Gasteiger partial charge in [-0.3, -0.25) is 10.1 Å². The molecular formula is C17H11NO4. The zero-order valence-electron chi connectivity index (χ0n) is 11.4. The van der Waals surface area contributed by atoms with E-state index in [4.69, 9.17) is 5.11 Å². The molecule has 0 heterocycles. The Morgan fingerprint density at radius 2 is 1.59 bits per heavy atom. The van der Waals surface area contributed by atoms with Crippen LogP contribution >= 0.6 is 0 Å². The Kier molecular flexibility index (Phi) is 3.31. The monoisotopic (exact) mass is 293 g/mol. The van der Waals surface area contributed by atoms with Crippen molar-refractivity contribution in [2.75, 3.05) is 0 Å². The zero-order valence-corrected chi connectivity index (χ0v) is 11.4. The third kappa shape index (κ3) is 2.29. The average molecular weight is 293 g/mol. The van der Waals surface area contributed by atoms with Gasteiger partial charge in [-0.05, 0) is 33.2 Å². The second-order valence-electron chi connectivity index (χ2n) is 4.82. The third-order valence-corrected chi connectivity index (χ3v) is 3.51. The number of hydrogen-bond acceptors (Lipinski definition) is 3. The molecule has 3 rings (SSSR count). The first-order chi connectivity index (χ1) is 10.6. The molecule has 0 aliphatic heterocycles. The van der Waals surface area contributed by atoms with Gasteiger partial charge < -0.3 is 5.11 Å². The summed E-state index contributed by atoms with van der Waals surface area (Å²) in [5.41, 5.74) is -0.330. The molecule has 0 unspecified atom stereocenters. The molecule has 108 valence electrons. The number of hydrogen-bond donors (Lipinski definition) is 1. The summed E-state index contributed by atoms with van der Waals surface area (Å²) >= 11 is 0. The maximum Gasteiger partial charge on any atom is 0.407 e. The second-order valence-corrected chi connectivity index (χ2v) is 4.82. The van der Waals surface area contributed by atoms with Crippen molar-refractivity contribution in [3.05, 3.63) is 76.0 Å². The minimum absolute atomic E-state index is 0.517. The first kappa shape index (κ1) is 13.8. The minimum Gasteiger partial charge on any atom is -0.473 e. The zero-order chi connectivity index (χ0) is 15.7. The van der Waals surface area contributed by atoms with Gasteiger partial charge in [-0.2, -0.15) is 0 Å². The van der Waals surface area contributed by atoms with E-state index in [0.29, 0.717) is 5.56 Å². The highest BCUT2D eigenvalue weighted by atomic mass is 16.6. The normalized spacial score (nSPS) is 11.7. The molecule has 0 aliphatic carbocycles. The molecule has 1 N–H and O–H groups in total. The molecule has 0 spiro atoms. The lowest BCUT2D eigenvalue weighted by atomic mass is 9.97. The van der Waals surface area contributed by atoms with Gasteiger partial charge in [0.1, 0.15) is 0 Å². The van der Waals surface area contributed by atoms with Crippen LogP contribution in [0.3, 0.4) is 0 Å². The summed E-state index contributed by atoms with van der Waals surface area (Å²) in [7, 11) is 0. The molecule has 5 heteroatoms. The molecule has 0 amide bonds. The summed E-state index contributed by atoms with van der Waals surface area (Å²) in [6, 6.07) is 16.9. The number of carbonyl (C=O) groups is 1. The number of fused-ring (bicyclic) bond motifs is 3. The van der Waals surface area contributed by atoms with Crippen LogP contribution < -0.4 is 0 Å². The standard InChI is InChI=1S/C17H11NO4/c19-17(20)16(18(21)22)10-12-9-11-5-1-2-6-13(11)15-8-4-3-7-14(12)15/h1-10H,(H,19,20). The van der Waals surface area contributed by atoms with Gasteiger partial charge in [0.2, 0.25) is 0 Å². The summed E-state index contributed by atoms with van der Waals surface area (Å²) in [5.74, 6) is -1.55. The molecule has 0 atom stereocenters. The summed E-state index contributed by atoms with van der Waals surface area (Å²) in [4.78, 5) is 21.1. The number of carboxylic acids is 1. The summed E-state index contributed by atoms with van der Waals surface area (Å²) < 4.78 is 0.